The van der Waals surface area contributed by atoms with E-state index in [0.29, 0.717) is 5.15 Å². The van der Waals surface area contributed by atoms with Crippen molar-refractivity contribution in [3.8, 4) is 5.75 Å². The van der Waals surface area contributed by atoms with Gasteiger partial charge in [0.1, 0.15) is 17.2 Å². The fourth-order valence-electron chi connectivity index (χ4n) is 1.08. The number of imidazole rings is 1. The highest BCUT2D eigenvalue weighted by Crippen LogP contribution is 2.20. The maximum absolute atomic E-state index is 5.93. The van der Waals surface area contributed by atoms with Gasteiger partial charge in [0.25, 0.3) is 0 Å². The van der Waals surface area contributed by atoms with Gasteiger partial charge in [0.2, 0.25) is 0 Å². The molecule has 0 unspecified atom stereocenters. The third-order valence-corrected chi connectivity index (χ3v) is 1.98. The van der Waals surface area contributed by atoms with Crippen molar-refractivity contribution in [1.29, 1.82) is 0 Å². The molecule has 0 N–H and O–H groups in total. The molecule has 2 aromatic heterocycles. The van der Waals surface area contributed by atoms with Crippen LogP contribution in [-0.2, 0) is 0 Å². The molecule has 0 amide bonds. The minimum Gasteiger partial charge on any atom is -0.497 e. The molecule has 0 saturated heterocycles. The molecule has 0 aliphatic rings. The van der Waals surface area contributed by atoms with Crippen LogP contribution in [0.15, 0.2) is 24.7 Å². The number of hydrogen-bond donors (Lipinski definition) is 0. The summed E-state index contributed by atoms with van der Waals surface area (Å²) < 4.78 is 6.83. The van der Waals surface area contributed by atoms with Gasteiger partial charge in [-0.25, -0.2) is 4.98 Å². The predicted molar refractivity (Wildman–Crippen MR) is 46.8 cm³/mol. The van der Waals surface area contributed by atoms with Crippen molar-refractivity contribution in [3.05, 3.63) is 29.8 Å². The van der Waals surface area contributed by atoms with Crippen molar-refractivity contribution < 1.29 is 4.74 Å². The number of pyridine rings is 1. The molecule has 0 saturated carbocycles. The van der Waals surface area contributed by atoms with Crippen molar-refractivity contribution in [2.75, 3.05) is 7.11 Å². The lowest BCUT2D eigenvalue weighted by molar-refractivity contribution is 0.415. The van der Waals surface area contributed by atoms with Crippen LogP contribution < -0.4 is 4.74 Å². The molecule has 0 atom stereocenters. The van der Waals surface area contributed by atoms with Crippen LogP contribution >= 0.6 is 11.6 Å². The number of methoxy groups -OCH3 is 1. The maximum Gasteiger partial charge on any atom is 0.124 e. The first-order valence-electron chi connectivity index (χ1n) is 3.47. The zero-order valence-electron chi connectivity index (χ0n) is 6.49. The normalized spacial score (nSPS) is 10.5. The quantitative estimate of drug-likeness (QED) is 0.631. The summed E-state index contributed by atoms with van der Waals surface area (Å²) in [6, 6.07) is 3.62. The van der Waals surface area contributed by atoms with E-state index in [4.69, 9.17) is 16.3 Å². The standard InChI is InChI=1S/C8H7ClN2O/c1-12-7-2-6-4-10-5-11(6)8(9)3-7/h2-5H,1H3. The van der Waals surface area contributed by atoms with Crippen LogP contribution in [0.3, 0.4) is 0 Å². The molecule has 0 fully saturated rings. The minimum absolute atomic E-state index is 0.599. The third kappa shape index (κ3) is 1.02. The van der Waals surface area contributed by atoms with Gasteiger partial charge in [-0.15, -0.1) is 0 Å². The molecule has 0 aliphatic heterocycles. The first-order chi connectivity index (χ1) is 5.81. The Hall–Kier alpha value is -1.22. The lowest BCUT2D eigenvalue weighted by Gasteiger charge is -2.01. The van der Waals surface area contributed by atoms with E-state index >= 15 is 0 Å². The Morgan fingerprint density at radius 1 is 1.50 bits per heavy atom. The molecule has 0 bridgehead atoms. The molecule has 0 aromatic carbocycles. The van der Waals surface area contributed by atoms with Gasteiger partial charge >= 0.3 is 0 Å². The lowest BCUT2D eigenvalue weighted by atomic mass is 10.4. The van der Waals surface area contributed by atoms with Gasteiger partial charge in [0.15, 0.2) is 0 Å². The summed E-state index contributed by atoms with van der Waals surface area (Å²) in [4.78, 5) is 3.96. The monoisotopic (exact) mass is 182 g/mol. The van der Waals surface area contributed by atoms with Crippen LogP contribution in [-0.4, -0.2) is 16.5 Å². The van der Waals surface area contributed by atoms with Gasteiger partial charge in [-0.05, 0) is 0 Å². The summed E-state index contributed by atoms with van der Waals surface area (Å²) in [5.74, 6) is 0.744. The Bertz CT molecular complexity index is 410. The predicted octanol–water partition coefficient (Wildman–Crippen LogP) is 2.00. The Kier molecular flexibility index (Phi) is 1.66. The number of fused-ring (bicyclic) bond motifs is 1. The Balaban J connectivity index is 2.75. The summed E-state index contributed by atoms with van der Waals surface area (Å²) in [6.07, 6.45) is 3.39. The molecule has 2 aromatic rings. The van der Waals surface area contributed by atoms with E-state index in [-0.39, 0.29) is 0 Å². The van der Waals surface area contributed by atoms with Crippen molar-refractivity contribution in [3.63, 3.8) is 0 Å². The molecule has 4 heteroatoms. The largest absolute Gasteiger partial charge is 0.497 e. The molecular formula is C8H7ClN2O. The van der Waals surface area contributed by atoms with Gasteiger partial charge in [-0.1, -0.05) is 11.6 Å². The number of hydrogen-bond acceptors (Lipinski definition) is 2. The number of rotatable bonds is 1. The molecule has 0 radical (unpaired) electrons. The van der Waals surface area contributed by atoms with Crippen LogP contribution in [0.1, 0.15) is 0 Å². The van der Waals surface area contributed by atoms with Crippen molar-refractivity contribution in [1.82, 2.24) is 9.38 Å². The molecule has 0 spiro atoms. The van der Waals surface area contributed by atoms with E-state index in [1.807, 2.05) is 6.07 Å². The van der Waals surface area contributed by atoms with Crippen LogP contribution in [0.2, 0.25) is 5.15 Å². The van der Waals surface area contributed by atoms with Gasteiger partial charge < -0.3 is 4.74 Å². The van der Waals surface area contributed by atoms with Gasteiger partial charge in [0.05, 0.1) is 18.8 Å². The highest BCUT2D eigenvalue weighted by molar-refractivity contribution is 6.29. The number of halogens is 1. The van der Waals surface area contributed by atoms with Crippen molar-refractivity contribution in [2.24, 2.45) is 0 Å². The summed E-state index contributed by atoms with van der Waals surface area (Å²) in [7, 11) is 1.61. The molecule has 2 rings (SSSR count). The zero-order chi connectivity index (χ0) is 8.55. The smallest absolute Gasteiger partial charge is 0.124 e. The van der Waals surface area contributed by atoms with Crippen molar-refractivity contribution in [2.45, 2.75) is 0 Å². The number of aromatic nitrogens is 2. The summed E-state index contributed by atoms with van der Waals surface area (Å²) in [6.45, 7) is 0. The lowest BCUT2D eigenvalue weighted by Crippen LogP contribution is -1.87. The fourth-order valence-corrected chi connectivity index (χ4v) is 1.33. The first-order valence-corrected chi connectivity index (χ1v) is 3.84. The SMILES string of the molecule is COc1cc(Cl)n2cncc2c1. The Morgan fingerprint density at radius 3 is 3.08 bits per heavy atom. The van der Waals surface area contributed by atoms with Crippen molar-refractivity contribution >= 4 is 17.1 Å². The average molecular weight is 183 g/mol. The summed E-state index contributed by atoms with van der Waals surface area (Å²) in [5.41, 5.74) is 0.930. The van der Waals surface area contributed by atoms with Crippen LogP contribution in [0.5, 0.6) is 5.75 Å². The van der Waals surface area contributed by atoms with E-state index < -0.39 is 0 Å². The second kappa shape index (κ2) is 2.68. The number of nitrogens with zero attached hydrogens (tertiary/aromatic N) is 2. The topological polar surface area (TPSA) is 26.5 Å². The van der Waals surface area contributed by atoms with Crippen LogP contribution in [0.4, 0.5) is 0 Å². The van der Waals surface area contributed by atoms with Crippen LogP contribution in [0, 0.1) is 0 Å². The van der Waals surface area contributed by atoms with E-state index in [2.05, 4.69) is 4.98 Å². The Labute approximate surface area is 74.6 Å². The van der Waals surface area contributed by atoms with Gasteiger partial charge in [0, 0.05) is 12.1 Å². The van der Waals surface area contributed by atoms with E-state index in [0.717, 1.165) is 11.3 Å². The van der Waals surface area contributed by atoms with E-state index in [1.165, 1.54) is 0 Å². The maximum atomic E-state index is 5.93. The van der Waals surface area contributed by atoms with E-state index in [9.17, 15) is 0 Å². The Morgan fingerprint density at radius 2 is 2.33 bits per heavy atom. The molecule has 12 heavy (non-hydrogen) atoms. The number of ether oxygens (including phenoxy) is 1. The fraction of sp³-hybridized carbons (Fsp3) is 0.125. The molecule has 0 aliphatic carbocycles. The van der Waals surface area contributed by atoms with Gasteiger partial charge in [-0.2, -0.15) is 0 Å². The summed E-state index contributed by atoms with van der Waals surface area (Å²) >= 11 is 5.93. The molecule has 62 valence electrons. The molecule has 2 heterocycles. The first kappa shape index (κ1) is 7.43. The summed E-state index contributed by atoms with van der Waals surface area (Å²) in [5, 5.41) is 0.599. The second-order valence-corrected chi connectivity index (χ2v) is 2.79. The second-order valence-electron chi connectivity index (χ2n) is 2.41. The average Bonchev–Trinajstić information content (AvgIpc) is 2.52. The minimum atomic E-state index is 0.599. The molecular weight excluding hydrogens is 176 g/mol. The van der Waals surface area contributed by atoms with Gasteiger partial charge in [-0.3, -0.25) is 4.40 Å². The van der Waals surface area contributed by atoms with E-state index in [1.54, 1.807) is 30.1 Å². The highest BCUT2D eigenvalue weighted by Gasteiger charge is 2.00. The van der Waals surface area contributed by atoms with Crippen LogP contribution in [0.25, 0.3) is 5.52 Å². The zero-order valence-corrected chi connectivity index (χ0v) is 7.25. The molecule has 3 nitrogen and oxygen atoms in total. The third-order valence-electron chi connectivity index (χ3n) is 1.68. The highest BCUT2D eigenvalue weighted by atomic mass is 35.5.